The fraction of sp³-hybridized carbons (Fsp3) is 0.100. The van der Waals surface area contributed by atoms with E-state index in [9.17, 15) is 4.79 Å². The highest BCUT2D eigenvalue weighted by atomic mass is 35.5. The lowest BCUT2D eigenvalue weighted by Gasteiger charge is -2.21. The lowest BCUT2D eigenvalue weighted by Crippen LogP contribution is -2.15. The molecule has 1 aliphatic carbocycles. The van der Waals surface area contributed by atoms with Crippen LogP contribution in [0.5, 0.6) is 0 Å². The predicted octanol–water partition coefficient (Wildman–Crippen LogP) is 6.23. The third-order valence-corrected chi connectivity index (χ3v) is 5.36. The Labute approximate surface area is 165 Å². The van der Waals surface area contributed by atoms with Crippen molar-refractivity contribution in [3.8, 4) is 0 Å². The zero-order valence-corrected chi connectivity index (χ0v) is 15.8. The standard InChI is InChI=1S/C20H13Cl3N2O/c21-12-6-7-13-15(8-12)25-20-17(16(26)9-14(22)18(20)23)19(13)24-10-11-4-2-1-3-5-11/h1-8H,9-10H2,(H,24,25). The van der Waals surface area contributed by atoms with Gasteiger partial charge in [0.2, 0.25) is 0 Å². The molecule has 3 aromatic rings. The molecular formula is C20H13Cl3N2O. The molecule has 0 amide bonds. The summed E-state index contributed by atoms with van der Waals surface area (Å²) in [6.45, 7) is 0.567. The van der Waals surface area contributed by atoms with Crippen LogP contribution in [0.25, 0.3) is 15.9 Å². The molecule has 0 unspecified atom stereocenters. The van der Waals surface area contributed by atoms with Crippen LogP contribution in [0.3, 0.4) is 0 Å². The van der Waals surface area contributed by atoms with E-state index < -0.39 is 0 Å². The van der Waals surface area contributed by atoms with Crippen molar-refractivity contribution in [3.63, 3.8) is 0 Å². The molecule has 0 aliphatic heterocycles. The quantitative estimate of drug-likeness (QED) is 0.563. The molecule has 26 heavy (non-hydrogen) atoms. The van der Waals surface area contributed by atoms with E-state index in [0.29, 0.717) is 44.1 Å². The first kappa shape index (κ1) is 17.3. The molecule has 0 saturated carbocycles. The molecule has 130 valence electrons. The number of aromatic nitrogens is 1. The number of nitrogens with one attached hydrogen (secondary N) is 1. The number of halogens is 3. The monoisotopic (exact) mass is 402 g/mol. The van der Waals surface area contributed by atoms with Crippen LogP contribution in [-0.4, -0.2) is 10.8 Å². The average Bonchev–Trinajstić information content (AvgIpc) is 2.64. The van der Waals surface area contributed by atoms with Crippen LogP contribution in [0.15, 0.2) is 53.6 Å². The average molecular weight is 404 g/mol. The molecule has 1 N–H and O–H groups in total. The van der Waals surface area contributed by atoms with Gasteiger partial charge in [-0.25, -0.2) is 4.98 Å². The van der Waals surface area contributed by atoms with E-state index >= 15 is 0 Å². The number of pyridine rings is 1. The Morgan fingerprint density at radius 1 is 1.04 bits per heavy atom. The van der Waals surface area contributed by atoms with Gasteiger partial charge in [0.25, 0.3) is 0 Å². The van der Waals surface area contributed by atoms with Gasteiger partial charge in [-0.2, -0.15) is 0 Å². The number of benzene rings is 2. The molecule has 0 radical (unpaired) electrons. The number of hydrogen-bond acceptors (Lipinski definition) is 3. The zero-order chi connectivity index (χ0) is 18.3. The van der Waals surface area contributed by atoms with E-state index in [1.807, 2.05) is 36.4 Å². The number of rotatable bonds is 3. The van der Waals surface area contributed by atoms with Gasteiger partial charge < -0.3 is 5.32 Å². The molecule has 1 aliphatic rings. The van der Waals surface area contributed by atoms with Crippen LogP contribution in [-0.2, 0) is 6.54 Å². The lowest BCUT2D eigenvalue weighted by atomic mass is 9.95. The van der Waals surface area contributed by atoms with Gasteiger partial charge in [-0.1, -0.05) is 65.1 Å². The minimum absolute atomic E-state index is 0.0776. The lowest BCUT2D eigenvalue weighted by molar-refractivity contribution is 0.0993. The third-order valence-electron chi connectivity index (χ3n) is 4.30. The maximum Gasteiger partial charge on any atom is 0.172 e. The Morgan fingerprint density at radius 3 is 2.58 bits per heavy atom. The van der Waals surface area contributed by atoms with E-state index in [-0.39, 0.29) is 12.2 Å². The van der Waals surface area contributed by atoms with Crippen LogP contribution in [0.1, 0.15) is 28.0 Å². The van der Waals surface area contributed by atoms with E-state index in [0.717, 1.165) is 10.9 Å². The first-order valence-corrected chi connectivity index (χ1v) is 9.17. The molecule has 1 heterocycles. The smallest absolute Gasteiger partial charge is 0.172 e. The first-order valence-electron chi connectivity index (χ1n) is 8.03. The Morgan fingerprint density at radius 2 is 1.81 bits per heavy atom. The van der Waals surface area contributed by atoms with Crippen molar-refractivity contribution in [2.45, 2.75) is 13.0 Å². The summed E-state index contributed by atoms with van der Waals surface area (Å²) >= 11 is 18.6. The first-order chi connectivity index (χ1) is 12.5. The van der Waals surface area contributed by atoms with Gasteiger partial charge in [-0.15, -0.1) is 0 Å². The highest BCUT2D eigenvalue weighted by Gasteiger charge is 2.29. The van der Waals surface area contributed by atoms with Gasteiger partial charge in [0.1, 0.15) is 0 Å². The summed E-state index contributed by atoms with van der Waals surface area (Å²) in [5.41, 5.74) is 3.34. The fourth-order valence-electron chi connectivity index (χ4n) is 3.07. The molecule has 0 bridgehead atoms. The fourth-order valence-corrected chi connectivity index (χ4v) is 3.65. The van der Waals surface area contributed by atoms with E-state index in [2.05, 4.69) is 10.3 Å². The van der Waals surface area contributed by atoms with E-state index in [1.165, 1.54) is 0 Å². The molecule has 3 nitrogen and oxygen atoms in total. The van der Waals surface area contributed by atoms with Gasteiger partial charge >= 0.3 is 0 Å². The van der Waals surface area contributed by atoms with Gasteiger partial charge in [-0.05, 0) is 23.8 Å². The largest absolute Gasteiger partial charge is 0.380 e. The topological polar surface area (TPSA) is 42.0 Å². The number of fused-ring (bicyclic) bond motifs is 2. The summed E-state index contributed by atoms with van der Waals surface area (Å²) in [6.07, 6.45) is 0.0776. The minimum Gasteiger partial charge on any atom is -0.380 e. The molecule has 6 heteroatoms. The highest BCUT2D eigenvalue weighted by molar-refractivity contribution is 6.56. The molecule has 2 aromatic carbocycles. The number of hydrogen-bond donors (Lipinski definition) is 1. The van der Waals surface area contributed by atoms with Crippen LogP contribution in [0.2, 0.25) is 5.02 Å². The summed E-state index contributed by atoms with van der Waals surface area (Å²) in [5, 5.41) is 5.39. The van der Waals surface area contributed by atoms with Gasteiger partial charge in [0, 0.05) is 28.4 Å². The van der Waals surface area contributed by atoms with Gasteiger partial charge in [0.05, 0.1) is 27.5 Å². The zero-order valence-electron chi connectivity index (χ0n) is 13.5. The van der Waals surface area contributed by atoms with Crippen LogP contribution in [0, 0.1) is 0 Å². The van der Waals surface area contributed by atoms with Crippen molar-refractivity contribution in [3.05, 3.63) is 75.4 Å². The number of anilines is 1. The maximum atomic E-state index is 12.7. The molecule has 0 saturated heterocycles. The minimum atomic E-state index is -0.102. The van der Waals surface area contributed by atoms with Crippen molar-refractivity contribution < 1.29 is 4.79 Å². The van der Waals surface area contributed by atoms with Gasteiger partial charge in [-0.3, -0.25) is 4.79 Å². The molecule has 0 fully saturated rings. The molecule has 4 rings (SSSR count). The second kappa shape index (κ2) is 6.92. The Bertz CT molecular complexity index is 1060. The normalized spacial score (nSPS) is 13.9. The molecule has 1 aromatic heterocycles. The van der Waals surface area contributed by atoms with E-state index in [4.69, 9.17) is 34.8 Å². The van der Waals surface area contributed by atoms with E-state index in [1.54, 1.807) is 12.1 Å². The van der Waals surface area contributed by atoms with Crippen molar-refractivity contribution in [2.24, 2.45) is 0 Å². The summed E-state index contributed by atoms with van der Waals surface area (Å²) in [7, 11) is 0. The number of ketones is 1. The molecule has 0 spiro atoms. The second-order valence-electron chi connectivity index (χ2n) is 6.03. The summed E-state index contributed by atoms with van der Waals surface area (Å²) in [4.78, 5) is 17.3. The maximum absolute atomic E-state index is 12.7. The number of nitrogens with zero attached hydrogens (tertiary/aromatic N) is 1. The second-order valence-corrected chi connectivity index (χ2v) is 7.30. The molecular weight excluding hydrogens is 391 g/mol. The Balaban J connectivity index is 1.91. The number of allylic oxidation sites excluding steroid dienone is 1. The summed E-state index contributed by atoms with van der Waals surface area (Å²) in [6, 6.07) is 15.3. The Hall–Kier alpha value is -2.07. The third kappa shape index (κ3) is 3.07. The van der Waals surface area contributed by atoms with Crippen LogP contribution in [0.4, 0.5) is 5.69 Å². The van der Waals surface area contributed by atoms with Crippen LogP contribution < -0.4 is 5.32 Å². The van der Waals surface area contributed by atoms with Crippen molar-refractivity contribution in [1.82, 2.24) is 4.98 Å². The summed E-state index contributed by atoms with van der Waals surface area (Å²) < 4.78 is 0. The van der Waals surface area contributed by atoms with Crippen molar-refractivity contribution in [2.75, 3.05) is 5.32 Å². The molecule has 0 atom stereocenters. The number of Topliss-reactive ketones (excluding diaryl/α,β-unsaturated/α-hetero) is 1. The Kier molecular flexibility index (Phi) is 4.62. The van der Waals surface area contributed by atoms with Crippen LogP contribution >= 0.6 is 34.8 Å². The predicted molar refractivity (Wildman–Crippen MR) is 108 cm³/mol. The number of carbonyl (C=O) groups excluding carboxylic acids is 1. The summed E-state index contributed by atoms with van der Waals surface area (Å²) in [5.74, 6) is -0.102. The highest BCUT2D eigenvalue weighted by Crippen LogP contribution is 2.41. The van der Waals surface area contributed by atoms with Crippen molar-refractivity contribution in [1.29, 1.82) is 0 Å². The van der Waals surface area contributed by atoms with Crippen molar-refractivity contribution >= 4 is 62.2 Å². The SMILES string of the molecule is O=C1CC(Cl)=C(Cl)c2nc3cc(Cl)ccc3c(NCc3ccccc3)c21. The number of carbonyl (C=O) groups is 1. The van der Waals surface area contributed by atoms with Gasteiger partial charge in [0.15, 0.2) is 5.78 Å².